The third kappa shape index (κ3) is 4.61. The molecule has 0 aliphatic rings. The van der Waals surface area contributed by atoms with Crippen LogP contribution in [0.15, 0.2) is 47.8 Å². The number of aromatic nitrogens is 1. The van der Waals surface area contributed by atoms with Crippen molar-refractivity contribution in [1.29, 1.82) is 0 Å². The summed E-state index contributed by atoms with van der Waals surface area (Å²) in [4.78, 5) is 16.5. The Hall–Kier alpha value is -2.86. The van der Waals surface area contributed by atoms with Gasteiger partial charge < -0.3 is 9.47 Å². The number of rotatable bonds is 6. The van der Waals surface area contributed by atoms with Crippen LogP contribution in [0.5, 0.6) is 11.5 Å². The molecule has 2 aromatic carbocycles. The molecule has 0 aliphatic carbocycles. The normalized spacial score (nSPS) is 10.4. The number of hydrogen-bond donors (Lipinski definition) is 1. The van der Waals surface area contributed by atoms with Gasteiger partial charge in [-0.05, 0) is 61.4 Å². The van der Waals surface area contributed by atoms with Gasteiger partial charge in [-0.25, -0.2) is 4.98 Å². The van der Waals surface area contributed by atoms with Crippen LogP contribution in [-0.2, 0) is 4.79 Å². The summed E-state index contributed by atoms with van der Waals surface area (Å²) in [6.45, 7) is 3.94. The van der Waals surface area contributed by atoms with E-state index in [-0.39, 0.29) is 12.5 Å². The smallest absolute Gasteiger partial charge is 0.264 e. The van der Waals surface area contributed by atoms with Gasteiger partial charge in [-0.3, -0.25) is 10.1 Å². The molecule has 0 atom stereocenters. The molecule has 0 fully saturated rings. The molecule has 0 radical (unpaired) electrons. The fraction of sp³-hybridized carbons (Fsp3) is 0.200. The zero-order valence-electron chi connectivity index (χ0n) is 14.9. The van der Waals surface area contributed by atoms with Crippen LogP contribution in [0.3, 0.4) is 0 Å². The molecule has 1 heterocycles. The quantitative estimate of drug-likeness (QED) is 0.698. The van der Waals surface area contributed by atoms with E-state index in [1.807, 2.05) is 55.6 Å². The summed E-state index contributed by atoms with van der Waals surface area (Å²) in [5, 5.41) is 5.22. The lowest BCUT2D eigenvalue weighted by Gasteiger charge is -2.07. The van der Waals surface area contributed by atoms with Gasteiger partial charge in [0.05, 0.1) is 12.8 Å². The summed E-state index contributed by atoms with van der Waals surface area (Å²) in [6, 6.07) is 13.5. The molecular weight excluding hydrogens is 348 g/mol. The molecule has 26 heavy (non-hydrogen) atoms. The Morgan fingerprint density at radius 2 is 1.77 bits per heavy atom. The highest BCUT2D eigenvalue weighted by atomic mass is 32.1. The van der Waals surface area contributed by atoms with Crippen molar-refractivity contribution in [2.75, 3.05) is 19.0 Å². The lowest BCUT2D eigenvalue weighted by Crippen LogP contribution is -2.20. The Balaban J connectivity index is 1.58. The first-order valence-electron chi connectivity index (χ1n) is 8.14. The number of anilines is 1. The first-order valence-corrected chi connectivity index (χ1v) is 9.02. The number of carbonyl (C=O) groups is 1. The first-order chi connectivity index (χ1) is 12.5. The number of hydrogen-bond acceptors (Lipinski definition) is 5. The van der Waals surface area contributed by atoms with E-state index in [4.69, 9.17) is 9.47 Å². The number of carbonyl (C=O) groups excluding carboxylic acids is 1. The maximum atomic E-state index is 12.1. The second-order valence-electron chi connectivity index (χ2n) is 5.93. The Morgan fingerprint density at radius 1 is 1.08 bits per heavy atom. The van der Waals surface area contributed by atoms with Crippen molar-refractivity contribution in [1.82, 2.24) is 4.98 Å². The molecule has 3 aromatic rings. The van der Waals surface area contributed by atoms with Crippen molar-refractivity contribution in [2.24, 2.45) is 0 Å². The van der Waals surface area contributed by atoms with Crippen molar-refractivity contribution in [3.05, 3.63) is 59.0 Å². The predicted octanol–water partition coefficient (Wildman–Crippen LogP) is 4.45. The van der Waals surface area contributed by atoms with Crippen molar-refractivity contribution >= 4 is 22.4 Å². The summed E-state index contributed by atoms with van der Waals surface area (Å²) in [6.07, 6.45) is 0. The molecule has 3 rings (SSSR count). The van der Waals surface area contributed by atoms with Gasteiger partial charge in [0.15, 0.2) is 11.7 Å². The largest absolute Gasteiger partial charge is 0.497 e. The fourth-order valence-corrected chi connectivity index (χ4v) is 3.28. The van der Waals surface area contributed by atoms with E-state index < -0.39 is 0 Å². The molecule has 1 aromatic heterocycles. The minimum atomic E-state index is -0.236. The Bertz CT molecular complexity index is 883. The molecule has 5 nitrogen and oxygen atoms in total. The third-order valence-electron chi connectivity index (χ3n) is 3.70. The maximum absolute atomic E-state index is 12.1. The highest BCUT2D eigenvalue weighted by molar-refractivity contribution is 7.14. The lowest BCUT2D eigenvalue weighted by molar-refractivity contribution is -0.118. The Kier molecular flexibility index (Phi) is 5.53. The number of methoxy groups -OCH3 is 1. The molecule has 1 amide bonds. The second kappa shape index (κ2) is 8.01. The van der Waals surface area contributed by atoms with Crippen LogP contribution in [0.4, 0.5) is 5.13 Å². The Labute approximate surface area is 156 Å². The molecule has 0 unspecified atom stereocenters. The van der Waals surface area contributed by atoms with Crippen LogP contribution in [0.25, 0.3) is 11.3 Å². The van der Waals surface area contributed by atoms with E-state index in [0.29, 0.717) is 10.9 Å². The van der Waals surface area contributed by atoms with E-state index in [1.54, 1.807) is 7.11 Å². The molecule has 0 saturated carbocycles. The summed E-state index contributed by atoms with van der Waals surface area (Å²) in [5.41, 5.74) is 3.98. The van der Waals surface area contributed by atoms with E-state index in [1.165, 1.54) is 11.3 Å². The standard InChI is InChI=1S/C20H20N2O3S/c1-13-8-14(2)10-17(9-13)25-11-19(23)22-20-21-18(12-26-20)15-4-6-16(24-3)7-5-15/h4-10,12H,11H2,1-3H3,(H,21,22,23). The second-order valence-corrected chi connectivity index (χ2v) is 6.78. The SMILES string of the molecule is COc1ccc(-c2csc(NC(=O)COc3cc(C)cc(C)c3)n2)cc1. The molecule has 134 valence electrons. The molecular formula is C20H20N2O3S. The van der Waals surface area contributed by atoms with Crippen LogP contribution >= 0.6 is 11.3 Å². The van der Waals surface area contributed by atoms with E-state index in [9.17, 15) is 4.79 Å². The number of nitrogens with one attached hydrogen (secondary N) is 1. The van der Waals surface area contributed by atoms with Crippen LogP contribution in [0, 0.1) is 13.8 Å². The summed E-state index contributed by atoms with van der Waals surface area (Å²) >= 11 is 1.38. The van der Waals surface area contributed by atoms with Gasteiger partial charge in [0.1, 0.15) is 11.5 Å². The zero-order valence-corrected chi connectivity index (χ0v) is 15.7. The summed E-state index contributed by atoms with van der Waals surface area (Å²) < 4.78 is 10.7. The van der Waals surface area contributed by atoms with Gasteiger partial charge >= 0.3 is 0 Å². The van der Waals surface area contributed by atoms with Crippen LogP contribution in [0.1, 0.15) is 11.1 Å². The van der Waals surface area contributed by atoms with E-state index >= 15 is 0 Å². The van der Waals surface area contributed by atoms with Gasteiger partial charge in [0, 0.05) is 10.9 Å². The number of thiazole rings is 1. The zero-order chi connectivity index (χ0) is 18.5. The summed E-state index contributed by atoms with van der Waals surface area (Å²) in [5.74, 6) is 1.25. The number of benzene rings is 2. The van der Waals surface area contributed by atoms with E-state index in [2.05, 4.69) is 16.4 Å². The molecule has 1 N–H and O–H groups in total. The number of nitrogens with zero attached hydrogens (tertiary/aromatic N) is 1. The van der Waals surface area contributed by atoms with Gasteiger partial charge in [0.25, 0.3) is 5.91 Å². The highest BCUT2D eigenvalue weighted by Crippen LogP contribution is 2.26. The fourth-order valence-electron chi connectivity index (χ4n) is 2.55. The number of ether oxygens (including phenoxy) is 2. The van der Waals surface area contributed by atoms with Gasteiger partial charge in [-0.15, -0.1) is 11.3 Å². The van der Waals surface area contributed by atoms with Crippen molar-refractivity contribution in [2.45, 2.75) is 13.8 Å². The highest BCUT2D eigenvalue weighted by Gasteiger charge is 2.09. The van der Waals surface area contributed by atoms with Crippen molar-refractivity contribution in [3.63, 3.8) is 0 Å². The molecule has 6 heteroatoms. The third-order valence-corrected chi connectivity index (χ3v) is 4.46. The van der Waals surface area contributed by atoms with Gasteiger partial charge in [-0.2, -0.15) is 0 Å². The first kappa shape index (κ1) is 17.9. The molecule has 0 spiro atoms. The van der Waals surface area contributed by atoms with Crippen LogP contribution in [-0.4, -0.2) is 24.6 Å². The molecule has 0 saturated heterocycles. The van der Waals surface area contributed by atoms with Gasteiger partial charge in [0.2, 0.25) is 0 Å². The predicted molar refractivity (Wildman–Crippen MR) is 104 cm³/mol. The van der Waals surface area contributed by atoms with E-state index in [0.717, 1.165) is 28.1 Å². The lowest BCUT2D eigenvalue weighted by atomic mass is 10.1. The minimum absolute atomic E-state index is 0.0552. The average Bonchev–Trinajstić information content (AvgIpc) is 3.08. The minimum Gasteiger partial charge on any atom is -0.497 e. The molecule has 0 bridgehead atoms. The summed E-state index contributed by atoms with van der Waals surface area (Å²) in [7, 11) is 1.63. The Morgan fingerprint density at radius 3 is 2.42 bits per heavy atom. The monoisotopic (exact) mass is 368 g/mol. The van der Waals surface area contributed by atoms with Crippen LogP contribution < -0.4 is 14.8 Å². The average molecular weight is 368 g/mol. The maximum Gasteiger partial charge on any atom is 0.264 e. The van der Waals surface area contributed by atoms with Crippen LogP contribution in [0.2, 0.25) is 0 Å². The molecule has 0 aliphatic heterocycles. The van der Waals surface area contributed by atoms with Crippen molar-refractivity contribution < 1.29 is 14.3 Å². The van der Waals surface area contributed by atoms with Gasteiger partial charge in [-0.1, -0.05) is 6.07 Å². The number of amides is 1. The topological polar surface area (TPSA) is 60.5 Å². The number of aryl methyl sites for hydroxylation is 2. The van der Waals surface area contributed by atoms with Crippen molar-refractivity contribution in [3.8, 4) is 22.8 Å².